The van der Waals surface area contributed by atoms with Gasteiger partial charge in [0.2, 0.25) is 0 Å². The van der Waals surface area contributed by atoms with Crippen LogP contribution in [0.3, 0.4) is 0 Å². The third-order valence-electron chi connectivity index (χ3n) is 3.94. The average Bonchev–Trinajstić information content (AvgIpc) is 2.67. The molecule has 0 saturated heterocycles. The number of para-hydroxylation sites is 2. The minimum Gasteiger partial charge on any atom is -0.451 e. The Bertz CT molecular complexity index is 794. The van der Waals surface area contributed by atoms with Crippen molar-refractivity contribution in [3.63, 3.8) is 0 Å². The molecule has 0 heterocycles. The fourth-order valence-electron chi connectivity index (χ4n) is 2.39. The molecule has 2 rings (SSSR count). The highest BCUT2D eigenvalue weighted by Crippen LogP contribution is 2.10. The second-order valence-corrected chi connectivity index (χ2v) is 6.62. The summed E-state index contributed by atoms with van der Waals surface area (Å²) in [5.41, 5.74) is 1.21. The lowest BCUT2D eigenvalue weighted by Gasteiger charge is -2.23. The predicted molar refractivity (Wildman–Crippen MR) is 108 cm³/mol. The van der Waals surface area contributed by atoms with E-state index in [0.29, 0.717) is 11.4 Å². The minimum absolute atomic E-state index is 0.224. The number of nitrogens with one attached hydrogen (secondary N) is 3. The van der Waals surface area contributed by atoms with E-state index in [9.17, 15) is 14.4 Å². The first kappa shape index (κ1) is 21.0. The van der Waals surface area contributed by atoms with Crippen molar-refractivity contribution in [3.8, 4) is 0 Å². The van der Waals surface area contributed by atoms with Crippen molar-refractivity contribution in [2.24, 2.45) is 5.92 Å². The van der Waals surface area contributed by atoms with Crippen LogP contribution in [0.4, 0.5) is 16.2 Å². The van der Waals surface area contributed by atoms with Crippen LogP contribution in [0.15, 0.2) is 60.7 Å². The Morgan fingerprint density at radius 1 is 0.786 bits per heavy atom. The van der Waals surface area contributed by atoms with Crippen LogP contribution < -0.4 is 16.0 Å². The van der Waals surface area contributed by atoms with Gasteiger partial charge in [0.15, 0.2) is 6.10 Å². The topological polar surface area (TPSA) is 96.5 Å². The lowest BCUT2D eigenvalue weighted by atomic mass is 10.0. The molecule has 2 atom stereocenters. The molecule has 0 bridgehead atoms. The summed E-state index contributed by atoms with van der Waals surface area (Å²) < 4.78 is 5.27. The average molecular weight is 383 g/mol. The Morgan fingerprint density at radius 3 is 1.79 bits per heavy atom. The zero-order chi connectivity index (χ0) is 20.5. The second-order valence-electron chi connectivity index (χ2n) is 6.62. The van der Waals surface area contributed by atoms with Gasteiger partial charge in [0.1, 0.15) is 6.04 Å². The van der Waals surface area contributed by atoms with Crippen molar-refractivity contribution in [2.45, 2.75) is 32.9 Å². The highest BCUT2D eigenvalue weighted by molar-refractivity contribution is 5.96. The van der Waals surface area contributed by atoms with Crippen molar-refractivity contribution in [1.82, 2.24) is 5.32 Å². The lowest BCUT2D eigenvalue weighted by molar-refractivity contribution is -0.156. The first-order valence-electron chi connectivity index (χ1n) is 9.05. The van der Waals surface area contributed by atoms with Gasteiger partial charge in [0.25, 0.3) is 5.91 Å². The molecule has 2 aromatic carbocycles. The summed E-state index contributed by atoms with van der Waals surface area (Å²) >= 11 is 0. The smallest absolute Gasteiger partial charge is 0.329 e. The van der Waals surface area contributed by atoms with Gasteiger partial charge in [0, 0.05) is 11.4 Å². The van der Waals surface area contributed by atoms with Crippen molar-refractivity contribution < 1.29 is 19.1 Å². The molecule has 0 saturated carbocycles. The van der Waals surface area contributed by atoms with Crippen molar-refractivity contribution >= 4 is 29.3 Å². The number of carbonyl (C=O) groups is 3. The third-order valence-corrected chi connectivity index (χ3v) is 3.94. The molecule has 148 valence electrons. The zero-order valence-corrected chi connectivity index (χ0v) is 16.1. The fraction of sp³-hybridized carbons (Fsp3) is 0.286. The van der Waals surface area contributed by atoms with Crippen molar-refractivity contribution in [2.75, 3.05) is 10.6 Å². The monoisotopic (exact) mass is 383 g/mol. The van der Waals surface area contributed by atoms with Gasteiger partial charge in [-0.25, -0.2) is 9.59 Å². The number of carbonyl (C=O) groups excluding carboxylic acids is 3. The van der Waals surface area contributed by atoms with Gasteiger partial charge in [-0.3, -0.25) is 4.79 Å². The number of benzene rings is 2. The Balaban J connectivity index is 1.92. The maximum absolute atomic E-state index is 12.5. The predicted octanol–water partition coefficient (Wildman–Crippen LogP) is 3.40. The molecular formula is C21H25N3O4. The standard InChI is InChI=1S/C21H25N3O4/c1-14(2)18(24-21(27)23-17-12-8-5-9-13-17)20(26)28-15(3)19(25)22-16-10-6-4-7-11-16/h4-15,18H,1-3H3,(H,22,25)(H2,23,24,27)/t15-,18+/m1/s1. The van der Waals surface area contributed by atoms with Crippen LogP contribution in [0.25, 0.3) is 0 Å². The molecule has 3 N–H and O–H groups in total. The van der Waals surface area contributed by atoms with Gasteiger partial charge >= 0.3 is 12.0 Å². The highest BCUT2D eigenvalue weighted by Gasteiger charge is 2.29. The molecule has 7 heteroatoms. The van der Waals surface area contributed by atoms with E-state index >= 15 is 0 Å². The molecule has 0 aliphatic heterocycles. The molecule has 0 radical (unpaired) electrons. The first-order chi connectivity index (χ1) is 13.4. The Labute approximate surface area is 164 Å². The van der Waals surface area contributed by atoms with Crippen molar-refractivity contribution in [1.29, 1.82) is 0 Å². The number of hydrogen-bond donors (Lipinski definition) is 3. The highest BCUT2D eigenvalue weighted by atomic mass is 16.5. The van der Waals surface area contributed by atoms with Gasteiger partial charge in [-0.2, -0.15) is 0 Å². The lowest BCUT2D eigenvalue weighted by Crippen LogP contribution is -2.48. The second kappa shape index (κ2) is 10.1. The number of hydrogen-bond acceptors (Lipinski definition) is 4. The van der Waals surface area contributed by atoms with Crippen LogP contribution in [0.5, 0.6) is 0 Å². The van der Waals surface area contributed by atoms with Crippen LogP contribution in [0.1, 0.15) is 20.8 Å². The molecule has 0 aliphatic carbocycles. The van der Waals surface area contributed by atoms with Crippen molar-refractivity contribution in [3.05, 3.63) is 60.7 Å². The van der Waals surface area contributed by atoms with Crippen LogP contribution >= 0.6 is 0 Å². The van der Waals surface area contributed by atoms with E-state index in [1.807, 2.05) is 12.1 Å². The molecule has 0 fully saturated rings. The number of anilines is 2. The molecule has 28 heavy (non-hydrogen) atoms. The molecule has 2 aromatic rings. The number of urea groups is 1. The zero-order valence-electron chi connectivity index (χ0n) is 16.1. The van der Waals surface area contributed by atoms with E-state index < -0.39 is 30.1 Å². The normalized spacial score (nSPS) is 12.6. The summed E-state index contributed by atoms with van der Waals surface area (Å²) in [5.74, 6) is -1.34. The van der Waals surface area contributed by atoms with Gasteiger partial charge in [-0.1, -0.05) is 50.2 Å². The molecule has 0 spiro atoms. The van der Waals surface area contributed by atoms with E-state index in [0.717, 1.165) is 0 Å². The Hall–Kier alpha value is -3.35. The number of ether oxygens (including phenoxy) is 1. The number of rotatable bonds is 7. The van der Waals surface area contributed by atoms with Gasteiger partial charge in [0.05, 0.1) is 0 Å². The number of amides is 3. The minimum atomic E-state index is -1.01. The molecule has 3 amide bonds. The van der Waals surface area contributed by atoms with E-state index in [1.54, 1.807) is 62.4 Å². The summed E-state index contributed by atoms with van der Waals surface area (Å²) in [7, 11) is 0. The summed E-state index contributed by atoms with van der Waals surface area (Å²) in [6.07, 6.45) is -1.01. The van der Waals surface area contributed by atoms with E-state index in [2.05, 4.69) is 16.0 Å². The molecular weight excluding hydrogens is 358 g/mol. The Morgan fingerprint density at radius 2 is 1.29 bits per heavy atom. The maximum Gasteiger partial charge on any atom is 0.329 e. The molecule has 7 nitrogen and oxygen atoms in total. The van der Waals surface area contributed by atoms with E-state index in [1.165, 1.54) is 6.92 Å². The fourth-order valence-corrected chi connectivity index (χ4v) is 2.39. The number of esters is 1. The molecule has 0 unspecified atom stereocenters. The van der Waals surface area contributed by atoms with Crippen LogP contribution in [0, 0.1) is 5.92 Å². The van der Waals surface area contributed by atoms with Gasteiger partial charge in [-0.15, -0.1) is 0 Å². The quantitative estimate of drug-likeness (QED) is 0.639. The van der Waals surface area contributed by atoms with E-state index in [4.69, 9.17) is 4.74 Å². The van der Waals surface area contributed by atoms with Gasteiger partial charge in [-0.05, 0) is 37.1 Å². The molecule has 0 aromatic heterocycles. The largest absolute Gasteiger partial charge is 0.451 e. The summed E-state index contributed by atoms with van der Waals surface area (Å²) in [6.45, 7) is 5.05. The third kappa shape index (κ3) is 6.42. The molecule has 0 aliphatic rings. The van der Waals surface area contributed by atoms with Crippen LogP contribution in [0.2, 0.25) is 0 Å². The SMILES string of the molecule is CC(C)[C@H](NC(=O)Nc1ccccc1)C(=O)O[C@H](C)C(=O)Nc1ccccc1. The Kier molecular flexibility index (Phi) is 7.56. The van der Waals surface area contributed by atoms with E-state index in [-0.39, 0.29) is 5.92 Å². The summed E-state index contributed by atoms with van der Waals surface area (Å²) in [4.78, 5) is 36.9. The maximum atomic E-state index is 12.5. The van der Waals surface area contributed by atoms with Crippen LogP contribution in [-0.2, 0) is 14.3 Å². The summed E-state index contributed by atoms with van der Waals surface area (Å²) in [6, 6.07) is 16.3. The first-order valence-corrected chi connectivity index (χ1v) is 9.05. The summed E-state index contributed by atoms with van der Waals surface area (Å²) in [5, 5.41) is 7.93. The van der Waals surface area contributed by atoms with Gasteiger partial charge < -0.3 is 20.7 Å². The van der Waals surface area contributed by atoms with Crippen LogP contribution in [-0.4, -0.2) is 30.1 Å².